The first-order chi connectivity index (χ1) is 8.14. The quantitative estimate of drug-likeness (QED) is 0.774. The van der Waals surface area contributed by atoms with E-state index in [0.29, 0.717) is 11.5 Å². The largest absolute Gasteiger partial charge is 0.361 e. The van der Waals surface area contributed by atoms with Gasteiger partial charge < -0.3 is 5.32 Å². The minimum absolute atomic E-state index is 0.380. The van der Waals surface area contributed by atoms with Crippen LogP contribution in [-0.4, -0.2) is 47.5 Å². The number of fused-ring (bicyclic) bond motifs is 1. The van der Waals surface area contributed by atoms with Crippen LogP contribution < -0.4 is 5.32 Å². The predicted molar refractivity (Wildman–Crippen MR) is 74.7 cm³/mol. The van der Waals surface area contributed by atoms with Crippen LogP contribution in [0.5, 0.6) is 0 Å². The third kappa shape index (κ3) is 2.48. The molecule has 17 heavy (non-hydrogen) atoms. The second-order valence-corrected chi connectivity index (χ2v) is 7.32. The number of aliphatic imine (C=N–C) groups is 1. The molecule has 2 fully saturated rings. The number of nitrogens with zero attached hydrogens (tertiary/aromatic N) is 2. The number of rotatable bonds is 1. The van der Waals surface area contributed by atoms with Crippen LogP contribution >= 0.6 is 11.8 Å². The third-order valence-corrected chi connectivity index (χ3v) is 5.61. The van der Waals surface area contributed by atoms with E-state index in [2.05, 4.69) is 24.1 Å². The van der Waals surface area contributed by atoms with E-state index >= 15 is 0 Å². The maximum Gasteiger partial charge on any atom is 0.156 e. The fraction of sp³-hybridized carbons (Fsp3) is 0.923. The van der Waals surface area contributed by atoms with Crippen molar-refractivity contribution < 1.29 is 0 Å². The molecule has 0 amide bonds. The molecule has 0 aromatic carbocycles. The summed E-state index contributed by atoms with van der Waals surface area (Å²) in [6, 6.07) is 1.44. The van der Waals surface area contributed by atoms with E-state index in [-0.39, 0.29) is 0 Å². The maximum atomic E-state index is 4.71. The van der Waals surface area contributed by atoms with Crippen LogP contribution in [0.4, 0.5) is 0 Å². The molecule has 3 rings (SSSR count). The molecule has 3 aliphatic heterocycles. The molecular formula is C13H23N3S. The summed E-state index contributed by atoms with van der Waals surface area (Å²) in [5.41, 5.74) is 0.380. The zero-order chi connectivity index (χ0) is 11.9. The van der Waals surface area contributed by atoms with E-state index < -0.39 is 0 Å². The lowest BCUT2D eigenvalue weighted by Crippen LogP contribution is -2.43. The second kappa shape index (κ2) is 4.47. The van der Waals surface area contributed by atoms with Gasteiger partial charge in [-0.05, 0) is 31.2 Å². The number of thioether (sulfide) groups is 1. The van der Waals surface area contributed by atoms with Gasteiger partial charge in [0.1, 0.15) is 0 Å². The third-order valence-electron chi connectivity index (χ3n) is 4.17. The highest BCUT2D eigenvalue weighted by molar-refractivity contribution is 8.13. The first-order valence-electron chi connectivity index (χ1n) is 6.82. The molecule has 2 atom stereocenters. The molecule has 0 spiro atoms. The summed E-state index contributed by atoms with van der Waals surface area (Å²) in [7, 11) is 0. The van der Waals surface area contributed by atoms with E-state index in [4.69, 9.17) is 4.99 Å². The maximum absolute atomic E-state index is 4.71. The Labute approximate surface area is 108 Å². The smallest absolute Gasteiger partial charge is 0.156 e. The fourth-order valence-corrected chi connectivity index (χ4v) is 4.15. The molecule has 0 aromatic rings. The van der Waals surface area contributed by atoms with Crippen molar-refractivity contribution in [2.75, 3.05) is 25.4 Å². The van der Waals surface area contributed by atoms with Gasteiger partial charge in [0.15, 0.2) is 5.17 Å². The molecule has 96 valence electrons. The summed E-state index contributed by atoms with van der Waals surface area (Å²) in [6.45, 7) is 8.17. The number of nitrogens with one attached hydrogen (secondary N) is 1. The zero-order valence-electron chi connectivity index (χ0n) is 10.9. The Morgan fingerprint density at radius 3 is 3.00 bits per heavy atom. The van der Waals surface area contributed by atoms with Gasteiger partial charge in [0.05, 0.1) is 0 Å². The molecule has 2 unspecified atom stereocenters. The summed E-state index contributed by atoms with van der Waals surface area (Å²) in [6.07, 6.45) is 4.06. The predicted octanol–water partition coefficient (Wildman–Crippen LogP) is 1.94. The molecule has 0 saturated carbocycles. The summed E-state index contributed by atoms with van der Waals surface area (Å²) < 4.78 is 0. The Balaban J connectivity index is 1.59. The zero-order valence-corrected chi connectivity index (χ0v) is 11.7. The Morgan fingerprint density at radius 2 is 2.24 bits per heavy atom. The van der Waals surface area contributed by atoms with E-state index in [1.54, 1.807) is 0 Å². The number of hydrogen-bond acceptors (Lipinski definition) is 4. The summed E-state index contributed by atoms with van der Waals surface area (Å²) >= 11 is 1.91. The van der Waals surface area contributed by atoms with E-state index in [9.17, 15) is 0 Å². The van der Waals surface area contributed by atoms with Crippen molar-refractivity contribution in [1.82, 2.24) is 10.2 Å². The number of amidine groups is 1. The van der Waals surface area contributed by atoms with Gasteiger partial charge in [0, 0.05) is 30.9 Å². The molecule has 1 N–H and O–H groups in total. The van der Waals surface area contributed by atoms with E-state index in [1.807, 2.05) is 11.8 Å². The molecule has 3 aliphatic rings. The average Bonchev–Trinajstić information content (AvgIpc) is 2.85. The molecule has 0 radical (unpaired) electrons. The van der Waals surface area contributed by atoms with Crippen molar-refractivity contribution >= 4 is 16.9 Å². The van der Waals surface area contributed by atoms with Crippen LogP contribution in [0.1, 0.15) is 33.1 Å². The summed E-state index contributed by atoms with van der Waals surface area (Å²) in [4.78, 5) is 7.36. The minimum Gasteiger partial charge on any atom is -0.361 e. The fourth-order valence-electron chi connectivity index (χ4n) is 3.14. The minimum atomic E-state index is 0.380. The van der Waals surface area contributed by atoms with Crippen LogP contribution in [0.15, 0.2) is 4.99 Å². The lowest BCUT2D eigenvalue weighted by Gasteiger charge is -2.30. The molecule has 3 heterocycles. The van der Waals surface area contributed by atoms with Gasteiger partial charge in [0.2, 0.25) is 0 Å². The Kier molecular flexibility index (Phi) is 3.11. The van der Waals surface area contributed by atoms with Crippen LogP contribution in [-0.2, 0) is 0 Å². The van der Waals surface area contributed by atoms with Gasteiger partial charge in [-0.25, -0.2) is 0 Å². The SMILES string of the molecule is CC1(C)CN=C(NC2CCN3CCCC23)SC1. The van der Waals surface area contributed by atoms with Crippen molar-refractivity contribution in [1.29, 1.82) is 0 Å². The Hall–Kier alpha value is -0.220. The molecule has 0 bridgehead atoms. The Morgan fingerprint density at radius 1 is 1.35 bits per heavy atom. The summed E-state index contributed by atoms with van der Waals surface area (Å²) in [5.74, 6) is 1.19. The summed E-state index contributed by atoms with van der Waals surface area (Å²) in [5, 5.41) is 4.90. The van der Waals surface area contributed by atoms with Gasteiger partial charge in [0.25, 0.3) is 0 Å². The lowest BCUT2D eigenvalue weighted by molar-refractivity contribution is 0.308. The van der Waals surface area contributed by atoms with Crippen molar-refractivity contribution in [3.05, 3.63) is 0 Å². The van der Waals surface area contributed by atoms with Gasteiger partial charge in [-0.15, -0.1) is 0 Å². The standard InChI is InChI=1S/C13H23N3S/c1-13(2)8-14-12(17-9-13)15-10-5-7-16-6-3-4-11(10)16/h10-11H,3-9H2,1-2H3,(H,14,15). The van der Waals surface area contributed by atoms with Crippen molar-refractivity contribution in [2.45, 2.75) is 45.2 Å². The van der Waals surface area contributed by atoms with Gasteiger partial charge in [-0.3, -0.25) is 9.89 Å². The number of hydrogen-bond donors (Lipinski definition) is 1. The molecule has 0 aromatic heterocycles. The van der Waals surface area contributed by atoms with Crippen LogP contribution in [0.2, 0.25) is 0 Å². The van der Waals surface area contributed by atoms with E-state index in [0.717, 1.165) is 12.6 Å². The first kappa shape index (κ1) is 11.8. The highest BCUT2D eigenvalue weighted by Gasteiger charge is 2.38. The average molecular weight is 253 g/mol. The van der Waals surface area contributed by atoms with Crippen molar-refractivity contribution in [3.8, 4) is 0 Å². The molecular weight excluding hydrogens is 230 g/mol. The van der Waals surface area contributed by atoms with Crippen LogP contribution in [0.25, 0.3) is 0 Å². The monoisotopic (exact) mass is 253 g/mol. The van der Waals surface area contributed by atoms with Crippen LogP contribution in [0, 0.1) is 5.41 Å². The van der Waals surface area contributed by atoms with Gasteiger partial charge >= 0.3 is 0 Å². The lowest BCUT2D eigenvalue weighted by atomic mass is 9.97. The van der Waals surface area contributed by atoms with Gasteiger partial charge in [-0.1, -0.05) is 25.6 Å². The highest BCUT2D eigenvalue weighted by Crippen LogP contribution is 2.31. The van der Waals surface area contributed by atoms with Crippen LogP contribution in [0.3, 0.4) is 0 Å². The van der Waals surface area contributed by atoms with Gasteiger partial charge in [-0.2, -0.15) is 0 Å². The molecule has 0 aliphatic carbocycles. The van der Waals surface area contributed by atoms with Crippen molar-refractivity contribution in [3.63, 3.8) is 0 Å². The Bertz CT molecular complexity index is 327. The molecule has 3 nitrogen and oxygen atoms in total. The topological polar surface area (TPSA) is 27.6 Å². The first-order valence-corrected chi connectivity index (χ1v) is 7.80. The normalized spacial score (nSPS) is 36.7. The molecule has 2 saturated heterocycles. The highest BCUT2D eigenvalue weighted by atomic mass is 32.2. The van der Waals surface area contributed by atoms with Crippen molar-refractivity contribution in [2.24, 2.45) is 10.4 Å². The molecule has 4 heteroatoms. The second-order valence-electron chi connectivity index (χ2n) is 6.36. The van der Waals surface area contributed by atoms with E-state index in [1.165, 1.54) is 43.3 Å².